The van der Waals surface area contributed by atoms with Gasteiger partial charge in [0, 0.05) is 29.8 Å². The number of anilines is 1. The third-order valence-electron chi connectivity index (χ3n) is 5.24. The van der Waals surface area contributed by atoms with Crippen molar-refractivity contribution in [1.82, 2.24) is 0 Å². The van der Waals surface area contributed by atoms with Crippen molar-refractivity contribution in [3.63, 3.8) is 0 Å². The Labute approximate surface area is 219 Å². The van der Waals surface area contributed by atoms with E-state index in [0.717, 1.165) is 41.7 Å². The first kappa shape index (κ1) is 23.7. The van der Waals surface area contributed by atoms with Gasteiger partial charge in [0.05, 0.1) is 17.8 Å². The second kappa shape index (κ2) is 10.2. The van der Waals surface area contributed by atoms with E-state index in [0.29, 0.717) is 12.1 Å². The van der Waals surface area contributed by atoms with Crippen molar-refractivity contribution in [1.29, 1.82) is 0 Å². The Kier molecular flexibility index (Phi) is 7.32. The number of ether oxygens (including phenoxy) is 1. The fourth-order valence-corrected chi connectivity index (χ4v) is 5.90. The molecule has 0 aliphatic carbocycles. The van der Waals surface area contributed by atoms with Gasteiger partial charge >= 0.3 is 0 Å². The molecule has 3 aromatic rings. The van der Waals surface area contributed by atoms with E-state index in [4.69, 9.17) is 4.74 Å². The summed E-state index contributed by atoms with van der Waals surface area (Å²) in [6.07, 6.45) is 2.82. The zero-order chi connectivity index (χ0) is 23.5. The van der Waals surface area contributed by atoms with E-state index in [9.17, 15) is 14.9 Å². The lowest BCUT2D eigenvalue weighted by Gasteiger charge is -2.15. The number of carbonyl (C=O) groups excluding carboxylic acids is 1. The van der Waals surface area contributed by atoms with E-state index in [2.05, 4.69) is 52.1 Å². The summed E-state index contributed by atoms with van der Waals surface area (Å²) in [7, 11) is 0. The van der Waals surface area contributed by atoms with Crippen LogP contribution in [-0.2, 0) is 11.4 Å². The topological polar surface area (TPSA) is 72.7 Å². The number of fused-ring (bicyclic) bond motifs is 1. The van der Waals surface area contributed by atoms with E-state index in [1.54, 1.807) is 12.1 Å². The van der Waals surface area contributed by atoms with Crippen molar-refractivity contribution in [3.05, 3.63) is 94.6 Å². The Bertz CT molecular complexity index is 1250. The summed E-state index contributed by atoms with van der Waals surface area (Å²) >= 11 is 4.44. The minimum Gasteiger partial charge on any atom is -0.487 e. The average Bonchev–Trinajstić information content (AvgIpc) is 3.05. The highest BCUT2D eigenvalue weighted by Gasteiger charge is 2.31. The Hall–Kier alpha value is -2.47. The molecule has 0 aromatic heterocycles. The molecule has 8 heteroatoms. The van der Waals surface area contributed by atoms with Gasteiger partial charge in [0.2, 0.25) is 0 Å². The molecule has 1 heterocycles. The third kappa shape index (κ3) is 5.06. The molecule has 0 bridgehead atoms. The molecule has 0 unspecified atom stereocenters. The fraction of sp³-hybridized carbons (Fsp3) is 0.160. The molecule has 0 spiro atoms. The summed E-state index contributed by atoms with van der Waals surface area (Å²) in [5.41, 5.74) is 4.29. The van der Waals surface area contributed by atoms with Crippen molar-refractivity contribution < 1.29 is 14.5 Å². The smallest absolute Gasteiger partial charge is 0.269 e. The molecular weight excluding hydrogens is 646 g/mol. The third-order valence-corrected chi connectivity index (χ3v) is 6.85. The first-order valence-corrected chi connectivity index (χ1v) is 12.5. The number of carbonyl (C=O) groups is 1. The number of nitro groups is 1. The van der Waals surface area contributed by atoms with E-state index >= 15 is 0 Å². The number of nitrogens with zero attached hydrogens (tertiary/aromatic N) is 2. The number of hydrogen-bond donors (Lipinski definition) is 0. The summed E-state index contributed by atoms with van der Waals surface area (Å²) in [5, 5.41) is 11.0. The number of hydrogen-bond acceptors (Lipinski definition) is 4. The van der Waals surface area contributed by atoms with Crippen LogP contribution in [0.3, 0.4) is 0 Å². The van der Waals surface area contributed by atoms with E-state index in [-0.39, 0.29) is 18.2 Å². The number of non-ortho nitro benzene ring substituents is 1. The van der Waals surface area contributed by atoms with Crippen LogP contribution < -0.4 is 9.64 Å². The lowest BCUT2D eigenvalue weighted by molar-refractivity contribution is -0.384. The van der Waals surface area contributed by atoms with Crippen LogP contribution in [0.1, 0.15) is 30.0 Å². The number of halogens is 2. The Morgan fingerprint density at radius 2 is 1.79 bits per heavy atom. The maximum atomic E-state index is 13.1. The van der Waals surface area contributed by atoms with Gasteiger partial charge in [0.15, 0.2) is 0 Å². The van der Waals surface area contributed by atoms with Gasteiger partial charge in [-0.05, 0) is 87.0 Å². The number of nitro benzene ring substituents is 1. The summed E-state index contributed by atoms with van der Waals surface area (Å²) in [5.74, 6) is 0.740. The maximum Gasteiger partial charge on any atom is 0.269 e. The predicted octanol–water partition coefficient (Wildman–Crippen LogP) is 6.68. The molecule has 1 aliphatic heterocycles. The summed E-state index contributed by atoms with van der Waals surface area (Å²) < 4.78 is 7.81. The van der Waals surface area contributed by atoms with Crippen molar-refractivity contribution in [3.8, 4) is 5.75 Å². The van der Waals surface area contributed by atoms with Crippen molar-refractivity contribution in [2.24, 2.45) is 0 Å². The molecule has 33 heavy (non-hydrogen) atoms. The minimum absolute atomic E-state index is 0.0223. The molecule has 1 aliphatic rings. The lowest BCUT2D eigenvalue weighted by atomic mass is 10.0. The predicted molar refractivity (Wildman–Crippen MR) is 146 cm³/mol. The highest BCUT2D eigenvalue weighted by atomic mass is 127. The van der Waals surface area contributed by atoms with Crippen LogP contribution in [0, 0.1) is 17.3 Å². The largest absolute Gasteiger partial charge is 0.487 e. The zero-order valence-electron chi connectivity index (χ0n) is 17.8. The van der Waals surface area contributed by atoms with Gasteiger partial charge < -0.3 is 9.64 Å². The zero-order valence-corrected chi connectivity index (χ0v) is 22.1. The second-order valence-corrected chi connectivity index (χ2v) is 9.89. The van der Waals surface area contributed by atoms with E-state index in [1.807, 2.05) is 47.4 Å². The molecule has 4 rings (SSSR count). The van der Waals surface area contributed by atoms with Gasteiger partial charge in [0.25, 0.3) is 11.6 Å². The maximum absolute atomic E-state index is 13.1. The molecular formula is C25H20I2N2O4. The second-order valence-electron chi connectivity index (χ2n) is 7.56. The average molecular weight is 666 g/mol. The van der Waals surface area contributed by atoms with Crippen molar-refractivity contribution in [2.45, 2.75) is 20.0 Å². The van der Waals surface area contributed by atoms with Gasteiger partial charge in [-0.1, -0.05) is 37.3 Å². The number of benzene rings is 3. The quantitative estimate of drug-likeness (QED) is 0.122. The first-order valence-electron chi connectivity index (χ1n) is 10.4. The molecule has 0 saturated heterocycles. The van der Waals surface area contributed by atoms with E-state index in [1.165, 1.54) is 12.1 Å². The van der Waals surface area contributed by atoms with Crippen LogP contribution in [-0.4, -0.2) is 17.4 Å². The molecule has 168 valence electrons. The molecule has 0 radical (unpaired) electrons. The van der Waals surface area contributed by atoms with Crippen LogP contribution in [0.25, 0.3) is 11.6 Å². The highest BCUT2D eigenvalue weighted by molar-refractivity contribution is 14.1. The number of amides is 1. The SMILES string of the molecule is CCCN1C(=O)/C(=C\c2cc(I)c(OCc3cccc([N+](=O)[O-])c3)c(I)c2)c2ccccc21. The van der Waals surface area contributed by atoms with Gasteiger partial charge in [0.1, 0.15) is 12.4 Å². The Morgan fingerprint density at radius 3 is 2.48 bits per heavy atom. The molecule has 6 nitrogen and oxygen atoms in total. The van der Waals surface area contributed by atoms with Crippen molar-refractivity contribution in [2.75, 3.05) is 11.4 Å². The molecule has 0 atom stereocenters. The number of para-hydroxylation sites is 1. The standard InChI is InChI=1S/C25H20I2N2O4/c1-2-10-28-23-9-4-3-8-19(23)20(25(28)30)12-17-13-21(26)24(22(27)14-17)33-15-16-6-5-7-18(11-16)29(31)32/h3-9,11-14H,2,10,15H2,1H3/b20-12-. The van der Waals surface area contributed by atoms with Crippen LogP contribution >= 0.6 is 45.2 Å². The van der Waals surface area contributed by atoms with Crippen LogP contribution in [0.5, 0.6) is 5.75 Å². The van der Waals surface area contributed by atoms with Gasteiger partial charge in [-0.3, -0.25) is 14.9 Å². The normalized spacial score (nSPS) is 14.0. The summed E-state index contributed by atoms with van der Waals surface area (Å²) in [6.45, 7) is 2.98. The van der Waals surface area contributed by atoms with Gasteiger partial charge in [-0.25, -0.2) is 0 Å². The first-order chi connectivity index (χ1) is 15.9. The minimum atomic E-state index is -0.413. The molecule has 3 aromatic carbocycles. The fourth-order valence-electron chi connectivity index (χ4n) is 3.77. The van der Waals surface area contributed by atoms with Crippen molar-refractivity contribution >= 4 is 74.1 Å². The van der Waals surface area contributed by atoms with E-state index < -0.39 is 4.92 Å². The Morgan fingerprint density at radius 1 is 1.06 bits per heavy atom. The van der Waals surface area contributed by atoms with Crippen LogP contribution in [0.4, 0.5) is 11.4 Å². The summed E-state index contributed by atoms with van der Waals surface area (Å²) in [4.78, 5) is 25.5. The highest BCUT2D eigenvalue weighted by Crippen LogP contribution is 2.38. The van der Waals surface area contributed by atoms with Gasteiger partial charge in [-0.2, -0.15) is 0 Å². The van der Waals surface area contributed by atoms with Crippen LogP contribution in [0.2, 0.25) is 0 Å². The molecule has 0 saturated carbocycles. The Balaban J connectivity index is 1.60. The lowest BCUT2D eigenvalue weighted by Crippen LogP contribution is -2.26. The molecule has 0 fully saturated rings. The summed E-state index contributed by atoms with van der Waals surface area (Å²) in [6, 6.07) is 18.3. The van der Waals surface area contributed by atoms with Gasteiger partial charge in [-0.15, -0.1) is 0 Å². The molecule has 0 N–H and O–H groups in total. The number of rotatable bonds is 7. The molecule has 1 amide bonds. The van der Waals surface area contributed by atoms with Crippen LogP contribution in [0.15, 0.2) is 60.7 Å². The monoisotopic (exact) mass is 666 g/mol.